The van der Waals surface area contributed by atoms with Gasteiger partial charge in [-0.3, -0.25) is 9.59 Å². The van der Waals surface area contributed by atoms with Gasteiger partial charge in [0.15, 0.2) is 6.61 Å². The van der Waals surface area contributed by atoms with Crippen LogP contribution in [0.5, 0.6) is 0 Å². The van der Waals surface area contributed by atoms with Gasteiger partial charge in [-0.1, -0.05) is 68.4 Å². The Morgan fingerprint density at radius 1 is 1.00 bits per heavy atom. The second kappa shape index (κ2) is 10.2. The largest absolute Gasteiger partial charge is 0.455 e. The Morgan fingerprint density at radius 3 is 2.37 bits per heavy atom. The Balaban J connectivity index is 1.48. The van der Waals surface area contributed by atoms with Crippen molar-refractivity contribution in [1.29, 1.82) is 0 Å². The van der Waals surface area contributed by atoms with E-state index in [2.05, 4.69) is 48.4 Å². The molecule has 1 amide bonds. The van der Waals surface area contributed by atoms with E-state index in [0.29, 0.717) is 11.6 Å². The predicted molar refractivity (Wildman–Crippen MR) is 119 cm³/mol. The van der Waals surface area contributed by atoms with Crippen molar-refractivity contribution in [3.63, 3.8) is 0 Å². The van der Waals surface area contributed by atoms with Gasteiger partial charge in [0.2, 0.25) is 0 Å². The summed E-state index contributed by atoms with van der Waals surface area (Å²) in [7, 11) is 0. The molecule has 0 aliphatic carbocycles. The summed E-state index contributed by atoms with van der Waals surface area (Å²) >= 11 is 1.49. The number of hydrogen-bond donors (Lipinski definition) is 1. The number of carbonyl (C=O) groups excluding carboxylic acids is 2. The number of amides is 1. The molecule has 0 unspecified atom stereocenters. The van der Waals surface area contributed by atoms with E-state index in [-0.39, 0.29) is 25.0 Å². The summed E-state index contributed by atoms with van der Waals surface area (Å²) < 4.78 is 5.12. The van der Waals surface area contributed by atoms with Crippen LogP contribution in [-0.2, 0) is 20.7 Å². The van der Waals surface area contributed by atoms with E-state index in [0.717, 1.165) is 16.1 Å². The molecule has 0 aliphatic rings. The normalized spacial score (nSPS) is 11.9. The van der Waals surface area contributed by atoms with Gasteiger partial charge in [0.05, 0.1) is 18.2 Å². The number of hydrogen-bond acceptors (Lipinski definition) is 5. The molecule has 30 heavy (non-hydrogen) atoms. The third-order valence-electron chi connectivity index (χ3n) is 4.74. The summed E-state index contributed by atoms with van der Waals surface area (Å²) in [6.07, 6.45) is 0.0437. The fourth-order valence-corrected chi connectivity index (χ4v) is 3.81. The molecule has 1 aromatic heterocycles. The number of aromatic nitrogens is 1. The van der Waals surface area contributed by atoms with Crippen molar-refractivity contribution < 1.29 is 14.3 Å². The van der Waals surface area contributed by atoms with E-state index >= 15 is 0 Å². The lowest BCUT2D eigenvalue weighted by Crippen LogP contribution is -2.31. The molecule has 3 aromatic rings. The molecule has 0 spiro atoms. The standard InChI is InChI=1S/C24H26N2O3S/c1-16(2)18-9-11-20(12-10-18)24-26-21(15-30-24)13-23(28)29-14-22(27)25-17(3)19-7-5-4-6-8-19/h4-12,15-17H,13-14H2,1-3H3,(H,25,27)/t17-/m1/s1. The first-order valence-electron chi connectivity index (χ1n) is 9.97. The van der Waals surface area contributed by atoms with Crippen LogP contribution in [0.4, 0.5) is 0 Å². The molecule has 2 aromatic carbocycles. The van der Waals surface area contributed by atoms with E-state index in [1.165, 1.54) is 16.9 Å². The fourth-order valence-electron chi connectivity index (χ4n) is 2.98. The molecule has 0 saturated heterocycles. The predicted octanol–water partition coefficient (Wildman–Crippen LogP) is 4.90. The number of nitrogens with zero attached hydrogens (tertiary/aromatic N) is 1. The minimum Gasteiger partial charge on any atom is -0.455 e. The molecule has 0 saturated carbocycles. The van der Waals surface area contributed by atoms with Gasteiger partial charge in [-0.05, 0) is 24.0 Å². The van der Waals surface area contributed by atoms with Crippen molar-refractivity contribution in [3.05, 3.63) is 76.8 Å². The highest BCUT2D eigenvalue weighted by Crippen LogP contribution is 2.26. The third kappa shape index (κ3) is 6.00. The molecule has 5 nitrogen and oxygen atoms in total. The summed E-state index contributed by atoms with van der Waals surface area (Å²) in [6, 6.07) is 17.8. The second-order valence-electron chi connectivity index (χ2n) is 7.46. The molecular weight excluding hydrogens is 396 g/mol. The molecule has 1 atom stereocenters. The van der Waals surface area contributed by atoms with Crippen LogP contribution in [0.1, 0.15) is 49.6 Å². The van der Waals surface area contributed by atoms with Crippen molar-refractivity contribution in [2.75, 3.05) is 6.61 Å². The lowest BCUT2D eigenvalue weighted by molar-refractivity contribution is -0.148. The summed E-state index contributed by atoms with van der Waals surface area (Å²) in [5, 5.41) is 5.54. The maximum Gasteiger partial charge on any atom is 0.312 e. The Morgan fingerprint density at radius 2 is 1.70 bits per heavy atom. The van der Waals surface area contributed by atoms with Gasteiger partial charge in [-0.25, -0.2) is 4.98 Å². The summed E-state index contributed by atoms with van der Waals surface area (Å²) in [4.78, 5) is 28.7. The topological polar surface area (TPSA) is 68.3 Å². The van der Waals surface area contributed by atoms with E-state index in [4.69, 9.17) is 4.74 Å². The SMILES string of the molecule is CC(C)c1ccc(-c2nc(CC(=O)OCC(=O)N[C@H](C)c3ccccc3)cs2)cc1. The lowest BCUT2D eigenvalue weighted by atomic mass is 10.0. The Labute approximate surface area is 181 Å². The van der Waals surface area contributed by atoms with Gasteiger partial charge >= 0.3 is 5.97 Å². The van der Waals surface area contributed by atoms with Crippen LogP contribution in [0.3, 0.4) is 0 Å². The molecule has 6 heteroatoms. The number of rotatable bonds is 8. The monoisotopic (exact) mass is 422 g/mol. The van der Waals surface area contributed by atoms with Crippen LogP contribution in [0.25, 0.3) is 10.6 Å². The molecule has 3 rings (SSSR count). The highest BCUT2D eigenvalue weighted by molar-refractivity contribution is 7.13. The van der Waals surface area contributed by atoms with Crippen LogP contribution < -0.4 is 5.32 Å². The first-order valence-corrected chi connectivity index (χ1v) is 10.8. The quantitative estimate of drug-likeness (QED) is 0.525. The minimum atomic E-state index is -0.468. The van der Waals surface area contributed by atoms with Gasteiger partial charge in [0, 0.05) is 10.9 Å². The number of benzene rings is 2. The molecule has 0 aliphatic heterocycles. The zero-order valence-corrected chi connectivity index (χ0v) is 18.2. The van der Waals surface area contributed by atoms with Crippen molar-refractivity contribution in [1.82, 2.24) is 10.3 Å². The molecule has 156 valence electrons. The number of carbonyl (C=O) groups is 2. The Bertz CT molecular complexity index is 981. The number of thiazole rings is 1. The maximum absolute atomic E-state index is 12.1. The zero-order valence-electron chi connectivity index (χ0n) is 17.4. The van der Waals surface area contributed by atoms with Gasteiger partial charge in [-0.15, -0.1) is 11.3 Å². The smallest absolute Gasteiger partial charge is 0.312 e. The minimum absolute atomic E-state index is 0.0437. The zero-order chi connectivity index (χ0) is 21.5. The molecule has 1 N–H and O–H groups in total. The van der Waals surface area contributed by atoms with Gasteiger partial charge in [0.1, 0.15) is 5.01 Å². The maximum atomic E-state index is 12.1. The second-order valence-corrected chi connectivity index (χ2v) is 8.32. The molecule has 1 heterocycles. The summed E-state index contributed by atoms with van der Waals surface area (Å²) in [5.41, 5.74) is 3.94. The Kier molecular flexibility index (Phi) is 7.36. The fraction of sp³-hybridized carbons (Fsp3) is 0.292. The average molecular weight is 423 g/mol. The first-order chi connectivity index (χ1) is 14.4. The number of ether oxygens (including phenoxy) is 1. The lowest BCUT2D eigenvalue weighted by Gasteiger charge is -2.14. The van der Waals surface area contributed by atoms with Crippen molar-refractivity contribution >= 4 is 23.2 Å². The van der Waals surface area contributed by atoms with Gasteiger partial charge < -0.3 is 10.1 Å². The van der Waals surface area contributed by atoms with Crippen molar-refractivity contribution in [2.45, 2.75) is 39.2 Å². The van der Waals surface area contributed by atoms with Crippen LogP contribution in [-0.4, -0.2) is 23.5 Å². The summed E-state index contributed by atoms with van der Waals surface area (Å²) in [6.45, 7) is 5.90. The highest BCUT2D eigenvalue weighted by atomic mass is 32.1. The van der Waals surface area contributed by atoms with E-state index in [1.807, 2.05) is 42.6 Å². The molecular formula is C24H26N2O3S. The van der Waals surface area contributed by atoms with Crippen LogP contribution >= 0.6 is 11.3 Å². The number of esters is 1. The van der Waals surface area contributed by atoms with E-state index in [1.54, 1.807) is 0 Å². The average Bonchev–Trinajstić information content (AvgIpc) is 3.21. The van der Waals surface area contributed by atoms with Crippen molar-refractivity contribution in [2.24, 2.45) is 0 Å². The van der Waals surface area contributed by atoms with Gasteiger partial charge in [-0.2, -0.15) is 0 Å². The molecule has 0 bridgehead atoms. The van der Waals surface area contributed by atoms with Crippen LogP contribution in [0.15, 0.2) is 60.0 Å². The Hall–Kier alpha value is -2.99. The molecule has 0 fully saturated rings. The van der Waals surface area contributed by atoms with Crippen LogP contribution in [0, 0.1) is 0 Å². The summed E-state index contributed by atoms with van der Waals surface area (Å²) in [5.74, 6) is -0.318. The first kappa shape index (κ1) is 21.7. The molecule has 0 radical (unpaired) electrons. The third-order valence-corrected chi connectivity index (χ3v) is 5.68. The van der Waals surface area contributed by atoms with Gasteiger partial charge in [0.25, 0.3) is 5.91 Å². The van der Waals surface area contributed by atoms with Crippen molar-refractivity contribution in [3.8, 4) is 10.6 Å². The highest BCUT2D eigenvalue weighted by Gasteiger charge is 2.14. The number of nitrogens with one attached hydrogen (secondary N) is 1. The van der Waals surface area contributed by atoms with Crippen LogP contribution in [0.2, 0.25) is 0 Å². The van der Waals surface area contributed by atoms with E-state index in [9.17, 15) is 9.59 Å². The van der Waals surface area contributed by atoms with E-state index < -0.39 is 5.97 Å².